The first-order valence-electron chi connectivity index (χ1n) is 5.54. The van der Waals surface area contributed by atoms with Crippen molar-refractivity contribution >= 4 is 11.6 Å². The molecule has 3 rings (SSSR count). The second kappa shape index (κ2) is 3.97. The molecule has 4 nitrogen and oxygen atoms in total. The average molecular weight is 227 g/mol. The zero-order valence-corrected chi connectivity index (χ0v) is 9.26. The summed E-state index contributed by atoms with van der Waals surface area (Å²) in [6.07, 6.45) is 0. The van der Waals surface area contributed by atoms with E-state index in [0.29, 0.717) is 12.4 Å². The topological polar surface area (TPSA) is 60.2 Å². The summed E-state index contributed by atoms with van der Waals surface area (Å²) in [4.78, 5) is 4.22. The van der Waals surface area contributed by atoms with E-state index in [1.165, 1.54) is 0 Å². The standard InChI is InChI=1S/C13H13N3O/c14-12-6-3-7-13(16-12)15-10-8-17-11-5-2-1-4-9(10)11/h1-7,10H,8H2,(H3,14,15,16). The number of fused-ring (bicyclic) bond motifs is 1. The highest BCUT2D eigenvalue weighted by molar-refractivity contribution is 5.48. The van der Waals surface area contributed by atoms with Crippen LogP contribution in [0, 0.1) is 0 Å². The molecule has 0 radical (unpaired) electrons. The van der Waals surface area contributed by atoms with Crippen molar-refractivity contribution in [2.75, 3.05) is 17.7 Å². The van der Waals surface area contributed by atoms with Gasteiger partial charge >= 0.3 is 0 Å². The Hall–Kier alpha value is -2.23. The Bertz CT molecular complexity index is 542. The number of nitrogens with one attached hydrogen (secondary N) is 1. The zero-order chi connectivity index (χ0) is 11.7. The third kappa shape index (κ3) is 1.89. The van der Waals surface area contributed by atoms with E-state index in [2.05, 4.69) is 16.4 Å². The van der Waals surface area contributed by atoms with Crippen molar-refractivity contribution in [2.24, 2.45) is 0 Å². The highest BCUT2D eigenvalue weighted by atomic mass is 16.5. The van der Waals surface area contributed by atoms with Crippen molar-refractivity contribution in [2.45, 2.75) is 6.04 Å². The van der Waals surface area contributed by atoms with Crippen molar-refractivity contribution in [3.05, 3.63) is 48.0 Å². The Kier molecular flexibility index (Phi) is 2.33. The minimum Gasteiger partial charge on any atom is -0.491 e. The second-order valence-corrected chi connectivity index (χ2v) is 3.99. The van der Waals surface area contributed by atoms with E-state index in [4.69, 9.17) is 10.5 Å². The van der Waals surface area contributed by atoms with Gasteiger partial charge in [0, 0.05) is 5.56 Å². The fourth-order valence-corrected chi connectivity index (χ4v) is 1.99. The maximum atomic E-state index is 5.65. The predicted octanol–water partition coefficient (Wildman–Crippen LogP) is 2.21. The fraction of sp³-hybridized carbons (Fsp3) is 0.154. The summed E-state index contributed by atoms with van der Waals surface area (Å²) in [5.74, 6) is 2.23. The smallest absolute Gasteiger partial charge is 0.128 e. The van der Waals surface area contributed by atoms with Crippen LogP contribution in [0.3, 0.4) is 0 Å². The number of nitrogens with zero attached hydrogens (tertiary/aromatic N) is 1. The molecule has 2 heterocycles. The molecular weight excluding hydrogens is 214 g/mol. The van der Waals surface area contributed by atoms with Gasteiger partial charge in [-0.1, -0.05) is 24.3 Å². The summed E-state index contributed by atoms with van der Waals surface area (Å²) >= 11 is 0. The second-order valence-electron chi connectivity index (χ2n) is 3.99. The van der Waals surface area contributed by atoms with Gasteiger partial charge in [0.15, 0.2) is 0 Å². The Balaban J connectivity index is 1.84. The highest BCUT2D eigenvalue weighted by Crippen LogP contribution is 2.33. The molecule has 1 unspecified atom stereocenters. The van der Waals surface area contributed by atoms with Gasteiger partial charge in [-0.3, -0.25) is 0 Å². The highest BCUT2D eigenvalue weighted by Gasteiger charge is 2.23. The van der Waals surface area contributed by atoms with Gasteiger partial charge in [-0.25, -0.2) is 4.98 Å². The van der Waals surface area contributed by atoms with Crippen molar-refractivity contribution in [1.82, 2.24) is 4.98 Å². The third-order valence-corrected chi connectivity index (χ3v) is 2.79. The van der Waals surface area contributed by atoms with E-state index >= 15 is 0 Å². The molecule has 2 aromatic rings. The predicted molar refractivity (Wildman–Crippen MR) is 67.0 cm³/mol. The first-order valence-corrected chi connectivity index (χ1v) is 5.54. The number of rotatable bonds is 2. The minimum absolute atomic E-state index is 0.139. The molecule has 0 fully saturated rings. The molecule has 1 aromatic heterocycles. The molecule has 0 saturated carbocycles. The molecule has 86 valence electrons. The Morgan fingerprint density at radius 1 is 1.18 bits per heavy atom. The molecule has 0 amide bonds. The lowest BCUT2D eigenvalue weighted by atomic mass is 10.1. The van der Waals surface area contributed by atoms with Crippen LogP contribution in [0.25, 0.3) is 0 Å². The summed E-state index contributed by atoms with van der Waals surface area (Å²) in [5, 5.41) is 3.32. The summed E-state index contributed by atoms with van der Waals surface area (Å²) in [6.45, 7) is 0.621. The third-order valence-electron chi connectivity index (χ3n) is 2.79. The number of nitrogens with two attached hydrogens (primary N) is 1. The lowest BCUT2D eigenvalue weighted by molar-refractivity contribution is 0.339. The Labute approximate surface area is 99.4 Å². The minimum atomic E-state index is 0.139. The van der Waals surface area contributed by atoms with Crippen molar-refractivity contribution in [3.8, 4) is 5.75 Å². The Morgan fingerprint density at radius 2 is 2.06 bits per heavy atom. The molecule has 0 spiro atoms. The van der Waals surface area contributed by atoms with Crippen LogP contribution in [0.5, 0.6) is 5.75 Å². The first kappa shape index (κ1) is 9.96. The number of para-hydroxylation sites is 1. The number of ether oxygens (including phenoxy) is 1. The van der Waals surface area contributed by atoms with E-state index in [9.17, 15) is 0 Å². The quantitative estimate of drug-likeness (QED) is 0.825. The van der Waals surface area contributed by atoms with Gasteiger partial charge in [0.05, 0.1) is 6.04 Å². The average Bonchev–Trinajstić information content (AvgIpc) is 2.73. The number of anilines is 2. The van der Waals surface area contributed by atoms with E-state index in [0.717, 1.165) is 17.1 Å². The molecule has 1 aliphatic heterocycles. The van der Waals surface area contributed by atoms with Crippen LogP contribution >= 0.6 is 0 Å². The van der Waals surface area contributed by atoms with Gasteiger partial charge in [0.1, 0.15) is 24.0 Å². The first-order chi connectivity index (χ1) is 8.33. The monoisotopic (exact) mass is 227 g/mol. The molecule has 0 aliphatic carbocycles. The number of aromatic nitrogens is 1. The van der Waals surface area contributed by atoms with Crippen LogP contribution < -0.4 is 15.8 Å². The van der Waals surface area contributed by atoms with Gasteiger partial charge < -0.3 is 15.8 Å². The van der Waals surface area contributed by atoms with E-state index in [1.807, 2.05) is 30.3 Å². The summed E-state index contributed by atoms with van der Waals surface area (Å²) in [7, 11) is 0. The zero-order valence-electron chi connectivity index (χ0n) is 9.26. The lowest BCUT2D eigenvalue weighted by Gasteiger charge is -2.12. The summed E-state index contributed by atoms with van der Waals surface area (Å²) in [5.41, 5.74) is 6.81. The van der Waals surface area contributed by atoms with Crippen molar-refractivity contribution in [3.63, 3.8) is 0 Å². The molecule has 1 aromatic carbocycles. The maximum Gasteiger partial charge on any atom is 0.128 e. The molecule has 0 saturated heterocycles. The molecular formula is C13H13N3O. The van der Waals surface area contributed by atoms with Gasteiger partial charge in [-0.2, -0.15) is 0 Å². The normalized spacial score (nSPS) is 17.3. The van der Waals surface area contributed by atoms with Crippen LogP contribution in [-0.2, 0) is 0 Å². The SMILES string of the molecule is Nc1cccc(NC2COc3ccccc32)n1. The van der Waals surface area contributed by atoms with Crippen LogP contribution in [0.2, 0.25) is 0 Å². The van der Waals surface area contributed by atoms with Crippen LogP contribution in [0.15, 0.2) is 42.5 Å². The lowest BCUT2D eigenvalue weighted by Crippen LogP contribution is -2.13. The van der Waals surface area contributed by atoms with E-state index in [-0.39, 0.29) is 6.04 Å². The summed E-state index contributed by atoms with van der Waals surface area (Å²) < 4.78 is 5.59. The van der Waals surface area contributed by atoms with Crippen LogP contribution in [-0.4, -0.2) is 11.6 Å². The number of benzene rings is 1. The van der Waals surface area contributed by atoms with Gasteiger partial charge in [-0.15, -0.1) is 0 Å². The largest absolute Gasteiger partial charge is 0.491 e. The van der Waals surface area contributed by atoms with Crippen molar-refractivity contribution < 1.29 is 4.74 Å². The molecule has 3 N–H and O–H groups in total. The molecule has 1 aliphatic rings. The van der Waals surface area contributed by atoms with Crippen LogP contribution in [0.4, 0.5) is 11.6 Å². The fourth-order valence-electron chi connectivity index (χ4n) is 1.99. The van der Waals surface area contributed by atoms with Gasteiger partial charge in [0.25, 0.3) is 0 Å². The van der Waals surface area contributed by atoms with Gasteiger partial charge in [0.2, 0.25) is 0 Å². The summed E-state index contributed by atoms with van der Waals surface area (Å²) in [6, 6.07) is 13.7. The van der Waals surface area contributed by atoms with Gasteiger partial charge in [-0.05, 0) is 18.2 Å². The molecule has 1 atom stereocenters. The van der Waals surface area contributed by atoms with Crippen molar-refractivity contribution in [1.29, 1.82) is 0 Å². The Morgan fingerprint density at radius 3 is 2.94 bits per heavy atom. The number of hydrogen-bond acceptors (Lipinski definition) is 4. The number of pyridine rings is 1. The van der Waals surface area contributed by atoms with Crippen LogP contribution in [0.1, 0.15) is 11.6 Å². The maximum absolute atomic E-state index is 5.65. The van der Waals surface area contributed by atoms with E-state index < -0.39 is 0 Å². The molecule has 4 heteroatoms. The molecule has 0 bridgehead atoms. The van der Waals surface area contributed by atoms with E-state index in [1.54, 1.807) is 6.07 Å². The molecule has 17 heavy (non-hydrogen) atoms. The number of nitrogen functional groups attached to an aromatic ring is 1. The number of hydrogen-bond donors (Lipinski definition) is 2.